The minimum Gasteiger partial charge on any atom is -0.339 e. The van der Waals surface area contributed by atoms with Crippen molar-refractivity contribution in [2.24, 2.45) is 0 Å². The van der Waals surface area contributed by atoms with Crippen molar-refractivity contribution < 1.29 is 0 Å². The Labute approximate surface area is 193 Å². The van der Waals surface area contributed by atoms with E-state index < -0.39 is 0 Å². The molecule has 1 aliphatic heterocycles. The Bertz CT molecular complexity index is 1820. The van der Waals surface area contributed by atoms with Crippen molar-refractivity contribution in [3.8, 4) is 22.8 Å². The summed E-state index contributed by atoms with van der Waals surface area (Å²) < 4.78 is 1.98. The van der Waals surface area contributed by atoms with Gasteiger partial charge in [0.25, 0.3) is 0 Å². The van der Waals surface area contributed by atoms with E-state index in [-0.39, 0.29) is 6.26 Å². The highest BCUT2D eigenvalue weighted by atomic mass is 35.5. The fraction of sp³-hybridized carbons (Fsp3) is 0.0400. The summed E-state index contributed by atoms with van der Waals surface area (Å²) in [5.74, 6) is 1.25. The lowest BCUT2D eigenvalue weighted by molar-refractivity contribution is 1.17. The largest absolute Gasteiger partial charge is 0.364 e. The first-order valence-corrected chi connectivity index (χ1v) is 11.2. The average molecular weight is 447 g/mol. The van der Waals surface area contributed by atoms with Crippen LogP contribution in [-0.4, -0.2) is 35.7 Å². The molecule has 7 rings (SSSR count). The Kier molecular flexibility index (Phi) is 3.81. The van der Waals surface area contributed by atoms with Crippen LogP contribution >= 0.6 is 11.5 Å². The summed E-state index contributed by atoms with van der Waals surface area (Å²) in [6.45, 7) is 1.93. The zero-order valence-electron chi connectivity index (χ0n) is 17.6. The molecule has 1 N–H and O–H groups in total. The first-order chi connectivity index (χ1) is 16.2. The van der Waals surface area contributed by atoms with Gasteiger partial charge in [0, 0.05) is 32.7 Å². The van der Waals surface area contributed by atoms with E-state index >= 15 is 0 Å². The van der Waals surface area contributed by atoms with Crippen molar-refractivity contribution in [2.45, 2.75) is 6.82 Å². The molecule has 3 aromatic heterocycles. The van der Waals surface area contributed by atoms with E-state index in [2.05, 4.69) is 23.2 Å². The molecule has 4 heterocycles. The summed E-state index contributed by atoms with van der Waals surface area (Å²) in [5, 5.41) is 3.94. The molecule has 156 valence electrons. The molecule has 0 spiro atoms. The van der Waals surface area contributed by atoms with Crippen molar-refractivity contribution >= 4 is 61.9 Å². The van der Waals surface area contributed by atoms with Gasteiger partial charge in [-0.25, -0.2) is 19.9 Å². The Balaban J connectivity index is 1.83. The second-order valence-corrected chi connectivity index (χ2v) is 8.78. The molecule has 33 heavy (non-hydrogen) atoms. The molecule has 6 bridgehead atoms. The SMILES string of the molecule is CB(Cl)n1c2nc3nc(nc4[nH]c(nc1c1ccccc12)c1ccccc41)-c1ccccc1-3. The van der Waals surface area contributed by atoms with Gasteiger partial charge in [-0.3, -0.25) is 0 Å². The normalized spacial score (nSPS) is 11.9. The van der Waals surface area contributed by atoms with Crippen LogP contribution in [0.4, 0.5) is 0 Å². The van der Waals surface area contributed by atoms with Gasteiger partial charge in [-0.15, -0.1) is 0 Å². The highest BCUT2D eigenvalue weighted by molar-refractivity contribution is 7.05. The van der Waals surface area contributed by atoms with Crippen LogP contribution in [0.3, 0.4) is 0 Å². The summed E-state index contributed by atoms with van der Waals surface area (Å²) in [5.41, 5.74) is 4.84. The van der Waals surface area contributed by atoms with Crippen LogP contribution in [0.15, 0.2) is 72.8 Å². The number of hydrogen-bond acceptors (Lipinski definition) is 4. The quantitative estimate of drug-likeness (QED) is 0.315. The van der Waals surface area contributed by atoms with E-state index in [0.29, 0.717) is 11.6 Å². The van der Waals surface area contributed by atoms with Crippen LogP contribution < -0.4 is 0 Å². The molecule has 1 aliphatic rings. The number of halogens is 1. The molecule has 8 heteroatoms. The van der Waals surface area contributed by atoms with Crippen molar-refractivity contribution in [3.63, 3.8) is 0 Å². The summed E-state index contributed by atoms with van der Waals surface area (Å²) in [6, 6.07) is 24.3. The molecular weight excluding hydrogens is 431 g/mol. The van der Waals surface area contributed by atoms with Gasteiger partial charge < -0.3 is 9.46 Å². The predicted molar refractivity (Wildman–Crippen MR) is 135 cm³/mol. The second kappa shape index (κ2) is 6.77. The van der Waals surface area contributed by atoms with Crippen molar-refractivity contribution in [3.05, 3.63) is 72.8 Å². The van der Waals surface area contributed by atoms with Gasteiger partial charge >= 0.3 is 6.26 Å². The van der Waals surface area contributed by atoms with Crippen LogP contribution in [0.5, 0.6) is 0 Å². The monoisotopic (exact) mass is 446 g/mol. The molecule has 0 unspecified atom stereocenters. The third kappa shape index (κ3) is 2.63. The number of aromatic amines is 1. The first-order valence-electron chi connectivity index (χ1n) is 10.8. The van der Waals surface area contributed by atoms with Gasteiger partial charge in [0.1, 0.15) is 22.6 Å². The molecule has 6 nitrogen and oxygen atoms in total. The molecule has 0 fully saturated rings. The minimum atomic E-state index is -0.371. The number of fused-ring (bicyclic) bond motifs is 15. The molecule has 0 aliphatic carbocycles. The molecule has 0 amide bonds. The second-order valence-electron chi connectivity index (χ2n) is 8.14. The van der Waals surface area contributed by atoms with Gasteiger partial charge in [0.15, 0.2) is 11.6 Å². The van der Waals surface area contributed by atoms with Crippen LogP contribution in [0.1, 0.15) is 0 Å². The fourth-order valence-electron chi connectivity index (χ4n) is 4.69. The lowest BCUT2D eigenvalue weighted by Crippen LogP contribution is -2.13. The molecule has 6 aromatic rings. The van der Waals surface area contributed by atoms with Gasteiger partial charge in [0.05, 0.1) is 0 Å². The number of rotatable bonds is 1. The number of nitrogens with one attached hydrogen (secondary N) is 1. The fourth-order valence-corrected chi connectivity index (χ4v) is 4.88. The summed E-state index contributed by atoms with van der Waals surface area (Å²) in [4.78, 5) is 23.4. The number of benzene rings is 3. The average Bonchev–Trinajstić information content (AvgIpc) is 3.46. The van der Waals surface area contributed by atoms with Gasteiger partial charge in [-0.1, -0.05) is 72.8 Å². The van der Waals surface area contributed by atoms with E-state index in [4.69, 9.17) is 31.4 Å². The van der Waals surface area contributed by atoms with E-state index in [1.54, 1.807) is 0 Å². The zero-order valence-corrected chi connectivity index (χ0v) is 18.4. The number of nitrogens with zero attached hydrogens (tertiary/aromatic N) is 5. The molecule has 0 radical (unpaired) electrons. The van der Waals surface area contributed by atoms with Gasteiger partial charge in [-0.05, 0) is 6.82 Å². The number of hydrogen-bond donors (Lipinski definition) is 1. The lowest BCUT2D eigenvalue weighted by atomic mass is 9.97. The maximum absolute atomic E-state index is 6.74. The molecule has 3 aromatic carbocycles. The standard InChI is InChI=1S/C25H16BClN6/c1-26(27)33-24-18-12-6-7-13-19(18)25(33)32-23-17-11-5-3-9-15(17)21(30-23)28-20-14-8-2-4-10-16(14)22(29-20)31-24/h2-13H,1H3,(H,28,29,30,31,32). The molecular formula is C25H16BClN6. The van der Waals surface area contributed by atoms with Crippen LogP contribution in [0, 0.1) is 0 Å². The number of aromatic nitrogens is 6. The minimum absolute atomic E-state index is 0.371. The highest BCUT2D eigenvalue weighted by Gasteiger charge is 2.22. The van der Waals surface area contributed by atoms with Crippen molar-refractivity contribution in [1.82, 2.24) is 29.4 Å². The smallest absolute Gasteiger partial charge is 0.339 e. The van der Waals surface area contributed by atoms with Gasteiger partial charge in [0.2, 0.25) is 0 Å². The summed E-state index contributed by atoms with van der Waals surface area (Å²) in [7, 11) is 0. The zero-order chi connectivity index (χ0) is 22.1. The van der Waals surface area contributed by atoms with Crippen molar-refractivity contribution in [1.29, 1.82) is 0 Å². The molecule has 0 atom stereocenters. The molecule has 0 saturated heterocycles. The maximum atomic E-state index is 6.74. The Morgan fingerprint density at radius 3 is 1.73 bits per heavy atom. The van der Waals surface area contributed by atoms with Crippen LogP contribution in [0.25, 0.3) is 66.9 Å². The number of H-pyrrole nitrogens is 1. The first kappa shape index (κ1) is 18.6. The topological polar surface area (TPSA) is 72.3 Å². The van der Waals surface area contributed by atoms with E-state index in [9.17, 15) is 0 Å². The Hall–Kier alpha value is -3.97. The van der Waals surface area contributed by atoms with Crippen molar-refractivity contribution in [2.75, 3.05) is 0 Å². The highest BCUT2D eigenvalue weighted by Crippen LogP contribution is 2.35. The third-order valence-corrected chi connectivity index (χ3v) is 6.36. The molecule has 0 saturated carbocycles. The van der Waals surface area contributed by atoms with E-state index in [1.165, 1.54) is 0 Å². The van der Waals surface area contributed by atoms with Gasteiger partial charge in [-0.2, -0.15) is 11.5 Å². The summed E-state index contributed by atoms with van der Waals surface area (Å²) in [6.07, 6.45) is -0.371. The summed E-state index contributed by atoms with van der Waals surface area (Å²) >= 11 is 6.74. The predicted octanol–water partition coefficient (Wildman–Crippen LogP) is 5.99. The third-order valence-electron chi connectivity index (χ3n) is 6.16. The Morgan fingerprint density at radius 1 is 0.636 bits per heavy atom. The Morgan fingerprint density at radius 2 is 1.12 bits per heavy atom. The van der Waals surface area contributed by atoms with Crippen LogP contribution in [0.2, 0.25) is 6.82 Å². The van der Waals surface area contributed by atoms with E-state index in [1.807, 2.05) is 65.9 Å². The lowest BCUT2D eigenvalue weighted by Gasteiger charge is -2.04. The maximum Gasteiger partial charge on any atom is 0.364 e. The van der Waals surface area contributed by atoms with E-state index in [0.717, 1.165) is 55.3 Å². The van der Waals surface area contributed by atoms with Crippen LogP contribution in [-0.2, 0) is 0 Å².